The van der Waals surface area contributed by atoms with Gasteiger partial charge in [-0.2, -0.15) is 0 Å². The van der Waals surface area contributed by atoms with Gasteiger partial charge in [-0.1, -0.05) is 0 Å². The molecule has 6 nitrogen and oxygen atoms in total. The van der Waals surface area contributed by atoms with E-state index in [0.29, 0.717) is 15.7 Å². The molecule has 2 heterocycles. The van der Waals surface area contributed by atoms with Crippen LogP contribution >= 0.6 is 11.8 Å². The lowest BCUT2D eigenvalue weighted by atomic mass is 10.2. The van der Waals surface area contributed by atoms with Crippen molar-refractivity contribution in [1.82, 2.24) is 19.7 Å². The number of amidine groups is 1. The van der Waals surface area contributed by atoms with Crippen LogP contribution in [0.25, 0.3) is 0 Å². The fraction of sp³-hybridized carbons (Fsp3) is 0.200. The minimum Gasteiger partial charge on any atom is -0.384 e. The van der Waals surface area contributed by atoms with Crippen LogP contribution in [0, 0.1) is 12.3 Å². The highest BCUT2D eigenvalue weighted by Gasteiger charge is 2.12. The maximum atomic E-state index is 7.51. The van der Waals surface area contributed by atoms with Gasteiger partial charge in [-0.15, -0.1) is 10.2 Å². The first-order valence-electron chi connectivity index (χ1n) is 4.92. The topological polar surface area (TPSA) is 93.5 Å². The molecule has 7 heteroatoms. The van der Waals surface area contributed by atoms with Crippen LogP contribution in [-0.2, 0) is 7.05 Å². The van der Waals surface area contributed by atoms with E-state index in [-0.39, 0.29) is 5.84 Å². The van der Waals surface area contributed by atoms with Crippen molar-refractivity contribution in [3.63, 3.8) is 0 Å². The normalized spacial score (nSPS) is 10.5. The quantitative estimate of drug-likeness (QED) is 0.623. The number of nitrogens with zero attached hydrogens (tertiary/aromatic N) is 4. The average molecular weight is 248 g/mol. The van der Waals surface area contributed by atoms with Gasteiger partial charge in [0, 0.05) is 18.3 Å². The second-order valence-electron chi connectivity index (χ2n) is 3.55. The fourth-order valence-electron chi connectivity index (χ4n) is 1.27. The second kappa shape index (κ2) is 4.54. The predicted octanol–water partition coefficient (Wildman–Crippen LogP) is 0.954. The Hall–Kier alpha value is -1.89. The molecule has 0 radical (unpaired) electrons. The summed E-state index contributed by atoms with van der Waals surface area (Å²) in [5, 5.41) is 16.7. The lowest BCUT2D eigenvalue weighted by Gasteiger charge is -2.06. The van der Waals surface area contributed by atoms with E-state index in [1.807, 2.05) is 20.0 Å². The molecule has 0 aliphatic heterocycles. The smallest absolute Gasteiger partial charge is 0.197 e. The first kappa shape index (κ1) is 11.6. The molecule has 0 saturated carbocycles. The van der Waals surface area contributed by atoms with Crippen LogP contribution in [0.1, 0.15) is 11.3 Å². The molecule has 2 rings (SSSR count). The van der Waals surface area contributed by atoms with Crippen LogP contribution in [0.3, 0.4) is 0 Å². The third-order valence-corrected chi connectivity index (χ3v) is 3.20. The average Bonchev–Trinajstić information content (AvgIpc) is 2.64. The zero-order valence-electron chi connectivity index (χ0n) is 9.51. The number of hydrogen-bond acceptors (Lipinski definition) is 5. The zero-order chi connectivity index (χ0) is 12.4. The summed E-state index contributed by atoms with van der Waals surface area (Å²) >= 11 is 1.35. The molecule has 0 amide bonds. The molecule has 88 valence electrons. The molecule has 2 aromatic heterocycles. The van der Waals surface area contributed by atoms with E-state index in [0.717, 1.165) is 5.69 Å². The number of nitrogen functional groups attached to an aromatic ring is 1. The molecule has 0 fully saturated rings. The van der Waals surface area contributed by atoms with Gasteiger partial charge in [0.2, 0.25) is 0 Å². The Bertz CT molecular complexity index is 562. The summed E-state index contributed by atoms with van der Waals surface area (Å²) in [6.07, 6.45) is 1.62. The first-order valence-corrected chi connectivity index (χ1v) is 5.73. The Morgan fingerprint density at radius 2 is 2.24 bits per heavy atom. The van der Waals surface area contributed by atoms with Crippen molar-refractivity contribution in [2.45, 2.75) is 17.1 Å². The van der Waals surface area contributed by atoms with E-state index in [2.05, 4.69) is 15.2 Å². The number of rotatable bonds is 3. The van der Waals surface area contributed by atoms with Gasteiger partial charge in [0.25, 0.3) is 0 Å². The molecule has 0 saturated heterocycles. The molecular formula is C10H12N6S. The number of pyridine rings is 1. The minimum atomic E-state index is 0.00201. The molecule has 0 aromatic carbocycles. The van der Waals surface area contributed by atoms with Crippen molar-refractivity contribution >= 4 is 17.6 Å². The molecule has 3 N–H and O–H groups in total. The molecular weight excluding hydrogens is 236 g/mol. The third-order valence-electron chi connectivity index (χ3n) is 2.15. The van der Waals surface area contributed by atoms with Crippen LogP contribution in [0.5, 0.6) is 0 Å². The van der Waals surface area contributed by atoms with E-state index in [9.17, 15) is 0 Å². The van der Waals surface area contributed by atoms with Gasteiger partial charge in [0.05, 0.1) is 0 Å². The lowest BCUT2D eigenvalue weighted by Crippen LogP contribution is -2.13. The Labute approximate surface area is 103 Å². The highest BCUT2D eigenvalue weighted by atomic mass is 32.2. The van der Waals surface area contributed by atoms with Gasteiger partial charge in [-0.05, 0) is 30.8 Å². The van der Waals surface area contributed by atoms with Crippen molar-refractivity contribution in [3.8, 4) is 0 Å². The van der Waals surface area contributed by atoms with Gasteiger partial charge < -0.3 is 10.3 Å². The summed E-state index contributed by atoms with van der Waals surface area (Å²) in [6, 6.07) is 3.63. The van der Waals surface area contributed by atoms with E-state index >= 15 is 0 Å². The highest BCUT2D eigenvalue weighted by Crippen LogP contribution is 2.26. The van der Waals surface area contributed by atoms with E-state index in [1.165, 1.54) is 11.8 Å². The maximum Gasteiger partial charge on any atom is 0.197 e. The number of aromatic nitrogens is 4. The number of hydrogen-bond donors (Lipinski definition) is 2. The standard InChI is InChI=1S/C10H12N6S/c1-6-3-4-7(8(11)12)9(14-6)17-10-15-13-5-16(10)2/h3-5H,1-2H3,(H3,11,12). The SMILES string of the molecule is Cc1ccc(C(=N)N)c(Sc2nncn2C)n1. The second-order valence-corrected chi connectivity index (χ2v) is 4.50. The minimum absolute atomic E-state index is 0.00201. The van der Waals surface area contributed by atoms with Gasteiger partial charge >= 0.3 is 0 Å². The van der Waals surface area contributed by atoms with Crippen LogP contribution in [-0.4, -0.2) is 25.6 Å². The molecule has 0 aliphatic carbocycles. The third kappa shape index (κ3) is 2.44. The highest BCUT2D eigenvalue weighted by molar-refractivity contribution is 7.99. The Balaban J connectivity index is 2.41. The van der Waals surface area contributed by atoms with E-state index < -0.39 is 0 Å². The Morgan fingerprint density at radius 1 is 1.47 bits per heavy atom. The zero-order valence-corrected chi connectivity index (χ0v) is 10.3. The van der Waals surface area contributed by atoms with Gasteiger partial charge in [0.15, 0.2) is 5.16 Å². The summed E-state index contributed by atoms with van der Waals surface area (Å²) in [5.41, 5.74) is 7.01. The number of nitrogens with one attached hydrogen (secondary N) is 1. The van der Waals surface area contributed by atoms with Crippen molar-refractivity contribution in [2.75, 3.05) is 0 Å². The molecule has 0 spiro atoms. The lowest BCUT2D eigenvalue weighted by molar-refractivity contribution is 0.786. The van der Waals surface area contributed by atoms with Gasteiger partial charge in [-0.25, -0.2) is 4.98 Å². The molecule has 0 bridgehead atoms. The molecule has 0 unspecified atom stereocenters. The Morgan fingerprint density at radius 3 is 2.82 bits per heavy atom. The van der Waals surface area contributed by atoms with Crippen LogP contribution < -0.4 is 5.73 Å². The Kier molecular flexibility index (Phi) is 3.10. The summed E-state index contributed by atoms with van der Waals surface area (Å²) in [6.45, 7) is 1.89. The fourth-order valence-corrected chi connectivity index (χ4v) is 2.20. The maximum absolute atomic E-state index is 7.51. The summed E-state index contributed by atoms with van der Waals surface area (Å²) in [4.78, 5) is 4.37. The van der Waals surface area contributed by atoms with Crippen molar-refractivity contribution < 1.29 is 0 Å². The van der Waals surface area contributed by atoms with Crippen LogP contribution in [0.15, 0.2) is 28.6 Å². The molecule has 17 heavy (non-hydrogen) atoms. The summed E-state index contributed by atoms with van der Waals surface area (Å²) < 4.78 is 1.79. The van der Waals surface area contributed by atoms with Crippen molar-refractivity contribution in [1.29, 1.82) is 5.41 Å². The molecule has 2 aromatic rings. The van der Waals surface area contributed by atoms with Crippen LogP contribution in [0.2, 0.25) is 0 Å². The summed E-state index contributed by atoms with van der Waals surface area (Å²) in [7, 11) is 1.85. The number of aryl methyl sites for hydroxylation is 2. The molecule has 0 atom stereocenters. The number of nitrogens with two attached hydrogens (primary N) is 1. The van der Waals surface area contributed by atoms with Crippen LogP contribution in [0.4, 0.5) is 0 Å². The predicted molar refractivity (Wildman–Crippen MR) is 65.1 cm³/mol. The van der Waals surface area contributed by atoms with Gasteiger partial charge in [-0.3, -0.25) is 5.41 Å². The van der Waals surface area contributed by atoms with E-state index in [4.69, 9.17) is 11.1 Å². The monoisotopic (exact) mass is 248 g/mol. The largest absolute Gasteiger partial charge is 0.384 e. The van der Waals surface area contributed by atoms with Gasteiger partial charge in [0.1, 0.15) is 17.2 Å². The van der Waals surface area contributed by atoms with E-state index in [1.54, 1.807) is 17.0 Å². The molecule has 0 aliphatic rings. The van der Waals surface area contributed by atoms with Crippen molar-refractivity contribution in [3.05, 3.63) is 29.7 Å². The first-order chi connectivity index (χ1) is 8.08. The van der Waals surface area contributed by atoms with Crippen molar-refractivity contribution in [2.24, 2.45) is 12.8 Å². The summed E-state index contributed by atoms with van der Waals surface area (Å²) in [5.74, 6) is 0.00201.